The number of hydrogen-bond acceptors (Lipinski definition) is 3. The van der Waals surface area contributed by atoms with Gasteiger partial charge in [-0.05, 0) is 36.8 Å². The molecule has 25 heavy (non-hydrogen) atoms. The molecule has 0 unspecified atom stereocenters. The highest BCUT2D eigenvalue weighted by Crippen LogP contribution is 2.33. The van der Waals surface area contributed by atoms with Gasteiger partial charge in [0.25, 0.3) is 10.0 Å². The molecule has 0 radical (unpaired) electrons. The molecule has 0 saturated carbocycles. The summed E-state index contributed by atoms with van der Waals surface area (Å²) >= 11 is 0. The van der Waals surface area contributed by atoms with Crippen LogP contribution in [0.15, 0.2) is 77.7 Å². The highest BCUT2D eigenvalue weighted by Gasteiger charge is 2.17. The van der Waals surface area contributed by atoms with Crippen molar-refractivity contribution in [2.24, 2.45) is 0 Å². The zero-order chi connectivity index (χ0) is 17.9. The van der Waals surface area contributed by atoms with Crippen molar-refractivity contribution >= 4 is 15.7 Å². The number of rotatable bonds is 5. The SMILES string of the molecule is COc1ccc(-c2ccccc2)c(NS(=O)(=O)c2ccc(C)cc2)c1. The van der Waals surface area contributed by atoms with Crippen LogP contribution in [-0.2, 0) is 10.0 Å². The molecule has 1 N–H and O–H groups in total. The number of hydrogen-bond donors (Lipinski definition) is 1. The number of nitrogens with one attached hydrogen (secondary N) is 1. The van der Waals surface area contributed by atoms with E-state index in [1.54, 1.807) is 37.4 Å². The van der Waals surface area contributed by atoms with Crippen LogP contribution in [0.5, 0.6) is 5.75 Å². The maximum atomic E-state index is 12.7. The molecule has 0 atom stereocenters. The van der Waals surface area contributed by atoms with Gasteiger partial charge in [-0.25, -0.2) is 8.42 Å². The van der Waals surface area contributed by atoms with Crippen LogP contribution in [0.25, 0.3) is 11.1 Å². The van der Waals surface area contributed by atoms with Gasteiger partial charge in [-0.15, -0.1) is 0 Å². The monoisotopic (exact) mass is 353 g/mol. The molecule has 3 rings (SSSR count). The van der Waals surface area contributed by atoms with Gasteiger partial charge in [-0.2, -0.15) is 0 Å². The normalized spacial score (nSPS) is 11.1. The van der Waals surface area contributed by atoms with Gasteiger partial charge in [0.2, 0.25) is 0 Å². The number of anilines is 1. The predicted octanol–water partition coefficient (Wildman–Crippen LogP) is 4.47. The van der Waals surface area contributed by atoms with E-state index in [0.717, 1.165) is 16.7 Å². The Labute approximate surface area is 148 Å². The lowest BCUT2D eigenvalue weighted by molar-refractivity contribution is 0.415. The Morgan fingerprint density at radius 2 is 1.56 bits per heavy atom. The van der Waals surface area contributed by atoms with Crippen LogP contribution in [0.2, 0.25) is 0 Å². The zero-order valence-corrected chi connectivity index (χ0v) is 14.9. The fourth-order valence-corrected chi connectivity index (χ4v) is 3.60. The molecule has 5 heteroatoms. The van der Waals surface area contributed by atoms with Gasteiger partial charge in [0, 0.05) is 11.6 Å². The molecular formula is C20H19NO3S. The van der Waals surface area contributed by atoms with E-state index >= 15 is 0 Å². The second kappa shape index (κ2) is 6.99. The zero-order valence-electron chi connectivity index (χ0n) is 14.1. The van der Waals surface area contributed by atoms with Crippen LogP contribution < -0.4 is 9.46 Å². The molecule has 0 aliphatic rings. The molecule has 0 aliphatic heterocycles. The van der Waals surface area contributed by atoms with E-state index in [4.69, 9.17) is 4.74 Å². The molecule has 0 amide bonds. The Hall–Kier alpha value is -2.79. The van der Waals surface area contributed by atoms with Crippen molar-refractivity contribution in [1.82, 2.24) is 0 Å². The summed E-state index contributed by atoms with van der Waals surface area (Å²) in [6.45, 7) is 1.92. The summed E-state index contributed by atoms with van der Waals surface area (Å²) in [5, 5.41) is 0. The molecule has 4 nitrogen and oxygen atoms in total. The molecule has 0 heterocycles. The van der Waals surface area contributed by atoms with E-state index in [-0.39, 0.29) is 4.90 Å². The first-order valence-corrected chi connectivity index (χ1v) is 9.31. The molecule has 0 bridgehead atoms. The maximum Gasteiger partial charge on any atom is 0.261 e. The van der Waals surface area contributed by atoms with Crippen molar-refractivity contribution in [2.75, 3.05) is 11.8 Å². The average molecular weight is 353 g/mol. The van der Waals surface area contributed by atoms with Crippen molar-refractivity contribution in [2.45, 2.75) is 11.8 Å². The minimum Gasteiger partial charge on any atom is -0.497 e. The van der Waals surface area contributed by atoms with Gasteiger partial charge in [0.15, 0.2) is 0 Å². The third-order valence-corrected chi connectivity index (χ3v) is 5.27. The first kappa shape index (κ1) is 17.0. The molecular weight excluding hydrogens is 334 g/mol. The molecule has 3 aromatic carbocycles. The lowest BCUT2D eigenvalue weighted by atomic mass is 10.0. The molecule has 0 spiro atoms. The van der Waals surface area contributed by atoms with Gasteiger partial charge < -0.3 is 4.74 Å². The fraction of sp³-hybridized carbons (Fsp3) is 0.100. The molecule has 0 aromatic heterocycles. The number of sulfonamides is 1. The van der Waals surface area contributed by atoms with Crippen LogP contribution >= 0.6 is 0 Å². The minimum atomic E-state index is -3.69. The third kappa shape index (κ3) is 3.83. The second-order valence-electron chi connectivity index (χ2n) is 5.70. The van der Waals surface area contributed by atoms with Crippen molar-refractivity contribution in [1.29, 1.82) is 0 Å². The Morgan fingerprint density at radius 3 is 2.20 bits per heavy atom. The summed E-state index contributed by atoms with van der Waals surface area (Å²) in [6, 6.07) is 21.7. The van der Waals surface area contributed by atoms with Crippen molar-refractivity contribution in [3.8, 4) is 16.9 Å². The van der Waals surface area contributed by atoms with Crippen LogP contribution in [0.1, 0.15) is 5.56 Å². The van der Waals surface area contributed by atoms with Crippen LogP contribution in [-0.4, -0.2) is 15.5 Å². The lowest BCUT2D eigenvalue weighted by Gasteiger charge is -2.14. The summed E-state index contributed by atoms with van der Waals surface area (Å²) in [5.74, 6) is 0.585. The van der Waals surface area contributed by atoms with Crippen LogP contribution in [0.3, 0.4) is 0 Å². The van der Waals surface area contributed by atoms with Gasteiger partial charge in [0.05, 0.1) is 17.7 Å². The molecule has 0 saturated heterocycles. The first-order valence-electron chi connectivity index (χ1n) is 7.82. The molecule has 3 aromatic rings. The highest BCUT2D eigenvalue weighted by molar-refractivity contribution is 7.92. The molecule has 0 aliphatic carbocycles. The van der Waals surface area contributed by atoms with Gasteiger partial charge >= 0.3 is 0 Å². The Balaban J connectivity index is 2.05. The number of methoxy groups -OCH3 is 1. The molecule has 0 fully saturated rings. The van der Waals surface area contributed by atoms with Crippen molar-refractivity contribution in [3.63, 3.8) is 0 Å². The van der Waals surface area contributed by atoms with E-state index in [9.17, 15) is 8.42 Å². The number of benzene rings is 3. The highest BCUT2D eigenvalue weighted by atomic mass is 32.2. The summed E-state index contributed by atoms with van der Waals surface area (Å²) in [6.07, 6.45) is 0. The Morgan fingerprint density at radius 1 is 0.880 bits per heavy atom. The summed E-state index contributed by atoms with van der Waals surface area (Å²) in [5.41, 5.74) is 3.19. The van der Waals surface area contributed by atoms with E-state index < -0.39 is 10.0 Å². The van der Waals surface area contributed by atoms with Crippen LogP contribution in [0, 0.1) is 6.92 Å². The lowest BCUT2D eigenvalue weighted by Crippen LogP contribution is -2.13. The molecule has 128 valence electrons. The van der Waals surface area contributed by atoms with E-state index in [2.05, 4.69) is 4.72 Å². The van der Waals surface area contributed by atoms with Gasteiger partial charge in [-0.3, -0.25) is 4.72 Å². The standard InChI is InChI=1S/C20H19NO3S/c1-15-8-11-18(12-9-15)25(22,23)21-20-14-17(24-2)10-13-19(20)16-6-4-3-5-7-16/h3-14,21H,1-2H3. The average Bonchev–Trinajstić information content (AvgIpc) is 2.62. The second-order valence-corrected chi connectivity index (χ2v) is 7.38. The number of aryl methyl sites for hydroxylation is 1. The maximum absolute atomic E-state index is 12.7. The smallest absolute Gasteiger partial charge is 0.261 e. The van der Waals surface area contributed by atoms with Gasteiger partial charge in [0.1, 0.15) is 5.75 Å². The summed E-state index contributed by atoms with van der Waals surface area (Å²) < 4.78 is 33.4. The summed E-state index contributed by atoms with van der Waals surface area (Å²) in [4.78, 5) is 0.222. The minimum absolute atomic E-state index is 0.222. The van der Waals surface area contributed by atoms with Crippen LogP contribution in [0.4, 0.5) is 5.69 Å². The summed E-state index contributed by atoms with van der Waals surface area (Å²) in [7, 11) is -2.14. The third-order valence-electron chi connectivity index (χ3n) is 3.89. The Bertz CT molecular complexity index is 966. The van der Waals surface area contributed by atoms with E-state index in [1.807, 2.05) is 49.4 Å². The van der Waals surface area contributed by atoms with Gasteiger partial charge in [-0.1, -0.05) is 48.0 Å². The number of ether oxygens (including phenoxy) is 1. The largest absolute Gasteiger partial charge is 0.497 e. The quantitative estimate of drug-likeness (QED) is 0.736. The van der Waals surface area contributed by atoms with Crippen molar-refractivity contribution < 1.29 is 13.2 Å². The van der Waals surface area contributed by atoms with E-state index in [1.165, 1.54) is 0 Å². The van der Waals surface area contributed by atoms with E-state index in [0.29, 0.717) is 11.4 Å². The predicted molar refractivity (Wildman–Crippen MR) is 100 cm³/mol. The topological polar surface area (TPSA) is 55.4 Å². The first-order chi connectivity index (χ1) is 12.0. The fourth-order valence-electron chi connectivity index (χ4n) is 2.53. The van der Waals surface area contributed by atoms with Crippen molar-refractivity contribution in [3.05, 3.63) is 78.4 Å². The Kier molecular flexibility index (Phi) is 4.76.